The zero-order chi connectivity index (χ0) is 16.4. The lowest BCUT2D eigenvalue weighted by molar-refractivity contribution is -0.118. The smallest absolute Gasteiger partial charge is 0.243 e. The second-order valence-corrected chi connectivity index (χ2v) is 6.51. The van der Waals surface area contributed by atoms with Gasteiger partial charge in [0.25, 0.3) is 0 Å². The van der Waals surface area contributed by atoms with Crippen LogP contribution in [-0.2, 0) is 4.79 Å². The lowest BCUT2D eigenvalue weighted by atomic mass is 10.1. The molecule has 122 valence electrons. The van der Waals surface area contributed by atoms with Crippen LogP contribution in [0.5, 0.6) is 11.5 Å². The summed E-state index contributed by atoms with van der Waals surface area (Å²) >= 11 is 1.37. The Kier molecular flexibility index (Phi) is 4.49. The second kappa shape index (κ2) is 6.55. The van der Waals surface area contributed by atoms with Gasteiger partial charge in [0.15, 0.2) is 16.6 Å². The third-order valence-electron chi connectivity index (χ3n) is 3.59. The molecule has 6 nitrogen and oxygen atoms in total. The highest BCUT2D eigenvalue weighted by atomic mass is 32.1. The van der Waals surface area contributed by atoms with Crippen LogP contribution in [0.15, 0.2) is 23.6 Å². The molecule has 1 aliphatic rings. The maximum absolute atomic E-state index is 12.0. The topological polar surface area (TPSA) is 86.5 Å². The van der Waals surface area contributed by atoms with Gasteiger partial charge in [0.2, 0.25) is 5.91 Å². The number of hydrogen-bond acceptors (Lipinski definition) is 6. The minimum absolute atomic E-state index is 0.0761. The number of carbonyl (C=O) groups is 1. The number of nitrogens with one attached hydrogen (secondary N) is 1. The van der Waals surface area contributed by atoms with E-state index in [-0.39, 0.29) is 11.8 Å². The summed E-state index contributed by atoms with van der Waals surface area (Å²) in [5.74, 6) is 1.32. The van der Waals surface area contributed by atoms with Gasteiger partial charge in [0.05, 0.1) is 11.7 Å². The zero-order valence-corrected chi connectivity index (χ0v) is 13.9. The molecule has 0 unspecified atom stereocenters. The van der Waals surface area contributed by atoms with Crippen LogP contribution in [-0.4, -0.2) is 30.1 Å². The first-order chi connectivity index (χ1) is 11.0. The number of nitrogens with zero attached hydrogens (tertiary/aromatic N) is 1. The zero-order valence-electron chi connectivity index (χ0n) is 13.0. The second-order valence-electron chi connectivity index (χ2n) is 5.66. The summed E-state index contributed by atoms with van der Waals surface area (Å²) in [4.78, 5) is 16.4. The molecule has 3 rings (SSSR count). The van der Waals surface area contributed by atoms with Crippen molar-refractivity contribution in [3.05, 3.63) is 23.6 Å². The van der Waals surface area contributed by atoms with Crippen molar-refractivity contribution >= 4 is 22.4 Å². The number of fused-ring (bicyclic) bond motifs is 1. The van der Waals surface area contributed by atoms with Gasteiger partial charge in [-0.25, -0.2) is 4.98 Å². The van der Waals surface area contributed by atoms with E-state index in [1.165, 1.54) is 11.3 Å². The Bertz CT molecular complexity index is 714. The standard InChI is InChI=1S/C16H19N3O3S/c1-9(2)14(17)15(20)19-16-18-11(8-23-16)10-3-4-12-13(7-10)22-6-5-21-12/h3-4,7-9,14H,5-6,17H2,1-2H3,(H,18,19,20)/t14-/m0/s1. The summed E-state index contributed by atoms with van der Waals surface area (Å²) in [6.07, 6.45) is 0. The molecule has 7 heteroatoms. The van der Waals surface area contributed by atoms with Gasteiger partial charge in [-0.1, -0.05) is 13.8 Å². The first-order valence-electron chi connectivity index (χ1n) is 7.46. The maximum atomic E-state index is 12.0. The molecule has 0 aliphatic carbocycles. The number of amides is 1. The quantitative estimate of drug-likeness (QED) is 0.898. The highest BCUT2D eigenvalue weighted by Crippen LogP contribution is 2.35. The summed E-state index contributed by atoms with van der Waals surface area (Å²) < 4.78 is 11.1. The Morgan fingerprint density at radius 1 is 1.30 bits per heavy atom. The van der Waals surface area contributed by atoms with Crippen LogP contribution in [0.1, 0.15) is 13.8 Å². The summed E-state index contributed by atoms with van der Waals surface area (Å²) in [7, 11) is 0. The van der Waals surface area contributed by atoms with E-state index in [1.807, 2.05) is 37.4 Å². The van der Waals surface area contributed by atoms with Crippen LogP contribution < -0.4 is 20.5 Å². The summed E-state index contributed by atoms with van der Waals surface area (Å²) in [5, 5.41) is 5.19. The number of rotatable bonds is 4. The molecule has 0 saturated heterocycles. The largest absolute Gasteiger partial charge is 0.486 e. The van der Waals surface area contributed by atoms with E-state index in [9.17, 15) is 4.79 Å². The predicted octanol–water partition coefficient (Wildman–Crippen LogP) is 2.50. The summed E-state index contributed by atoms with van der Waals surface area (Å²) in [6, 6.07) is 5.15. The van der Waals surface area contributed by atoms with Crippen LogP contribution in [0.25, 0.3) is 11.3 Å². The molecule has 2 heterocycles. The minimum Gasteiger partial charge on any atom is -0.486 e. The average molecular weight is 333 g/mol. The fourth-order valence-corrected chi connectivity index (χ4v) is 2.88. The van der Waals surface area contributed by atoms with E-state index in [0.717, 1.165) is 17.0 Å². The van der Waals surface area contributed by atoms with Gasteiger partial charge in [0.1, 0.15) is 13.2 Å². The van der Waals surface area contributed by atoms with Crippen molar-refractivity contribution in [3.8, 4) is 22.8 Å². The molecule has 0 saturated carbocycles. The Morgan fingerprint density at radius 3 is 2.78 bits per heavy atom. The Morgan fingerprint density at radius 2 is 2.04 bits per heavy atom. The van der Waals surface area contributed by atoms with Gasteiger partial charge in [0, 0.05) is 10.9 Å². The normalized spacial score (nSPS) is 14.6. The first kappa shape index (κ1) is 15.8. The predicted molar refractivity (Wildman–Crippen MR) is 90.0 cm³/mol. The van der Waals surface area contributed by atoms with E-state index < -0.39 is 6.04 Å². The number of anilines is 1. The maximum Gasteiger partial charge on any atom is 0.243 e. The Hall–Kier alpha value is -2.12. The van der Waals surface area contributed by atoms with Gasteiger partial charge in [-0.05, 0) is 24.1 Å². The van der Waals surface area contributed by atoms with E-state index in [2.05, 4.69) is 10.3 Å². The highest BCUT2D eigenvalue weighted by molar-refractivity contribution is 7.14. The van der Waals surface area contributed by atoms with E-state index in [4.69, 9.17) is 15.2 Å². The number of hydrogen-bond donors (Lipinski definition) is 2. The van der Waals surface area contributed by atoms with Gasteiger partial charge < -0.3 is 20.5 Å². The van der Waals surface area contributed by atoms with E-state index >= 15 is 0 Å². The molecular weight excluding hydrogens is 314 g/mol. The van der Waals surface area contributed by atoms with Crippen molar-refractivity contribution in [2.45, 2.75) is 19.9 Å². The average Bonchev–Trinajstić information content (AvgIpc) is 3.02. The fraction of sp³-hybridized carbons (Fsp3) is 0.375. The van der Waals surface area contributed by atoms with Gasteiger partial charge in [-0.3, -0.25) is 4.79 Å². The van der Waals surface area contributed by atoms with Crippen LogP contribution >= 0.6 is 11.3 Å². The lowest BCUT2D eigenvalue weighted by Gasteiger charge is -2.18. The van der Waals surface area contributed by atoms with E-state index in [0.29, 0.717) is 24.1 Å². The van der Waals surface area contributed by atoms with Crippen LogP contribution in [0.3, 0.4) is 0 Å². The van der Waals surface area contributed by atoms with Gasteiger partial charge >= 0.3 is 0 Å². The number of thiazole rings is 1. The van der Waals surface area contributed by atoms with Crippen molar-refractivity contribution in [2.24, 2.45) is 11.7 Å². The van der Waals surface area contributed by atoms with Crippen LogP contribution in [0, 0.1) is 5.92 Å². The molecule has 3 N–H and O–H groups in total. The number of nitrogens with two attached hydrogens (primary N) is 1. The molecule has 1 amide bonds. The van der Waals surface area contributed by atoms with Crippen molar-refractivity contribution in [3.63, 3.8) is 0 Å². The number of benzene rings is 1. The Balaban J connectivity index is 1.75. The molecule has 0 bridgehead atoms. The molecule has 1 aromatic carbocycles. The Labute approximate surface area is 138 Å². The molecule has 1 aliphatic heterocycles. The number of aromatic nitrogens is 1. The molecule has 0 fully saturated rings. The molecule has 0 radical (unpaired) electrons. The van der Waals surface area contributed by atoms with E-state index in [1.54, 1.807) is 0 Å². The molecule has 1 atom stereocenters. The molecule has 0 spiro atoms. The SMILES string of the molecule is CC(C)[C@H](N)C(=O)Nc1nc(-c2ccc3c(c2)OCCO3)cs1. The van der Waals surface area contributed by atoms with Crippen molar-refractivity contribution in [2.75, 3.05) is 18.5 Å². The minimum atomic E-state index is -0.545. The third kappa shape index (κ3) is 3.46. The molecular formula is C16H19N3O3S. The van der Waals surface area contributed by atoms with Crippen molar-refractivity contribution in [1.82, 2.24) is 4.98 Å². The van der Waals surface area contributed by atoms with Gasteiger partial charge in [-0.15, -0.1) is 11.3 Å². The van der Waals surface area contributed by atoms with Crippen molar-refractivity contribution < 1.29 is 14.3 Å². The lowest BCUT2D eigenvalue weighted by Crippen LogP contribution is -2.39. The first-order valence-corrected chi connectivity index (χ1v) is 8.34. The van der Waals surface area contributed by atoms with Crippen LogP contribution in [0.4, 0.5) is 5.13 Å². The molecule has 2 aromatic rings. The molecule has 23 heavy (non-hydrogen) atoms. The van der Waals surface area contributed by atoms with Crippen LogP contribution in [0.2, 0.25) is 0 Å². The summed E-state index contributed by atoms with van der Waals surface area (Å²) in [5.41, 5.74) is 7.53. The summed E-state index contributed by atoms with van der Waals surface area (Å²) in [6.45, 7) is 4.93. The number of carbonyl (C=O) groups excluding carboxylic acids is 1. The third-order valence-corrected chi connectivity index (χ3v) is 4.35. The van der Waals surface area contributed by atoms with Crippen molar-refractivity contribution in [1.29, 1.82) is 0 Å². The fourth-order valence-electron chi connectivity index (χ4n) is 2.16. The number of ether oxygens (including phenoxy) is 2. The molecule has 1 aromatic heterocycles. The monoisotopic (exact) mass is 333 g/mol. The van der Waals surface area contributed by atoms with Gasteiger partial charge in [-0.2, -0.15) is 0 Å². The highest BCUT2D eigenvalue weighted by Gasteiger charge is 2.19.